The molecule has 1 aliphatic rings. The van der Waals surface area contributed by atoms with Crippen molar-refractivity contribution in [1.82, 2.24) is 19.6 Å². The van der Waals surface area contributed by atoms with E-state index < -0.39 is 0 Å². The first-order valence-corrected chi connectivity index (χ1v) is 8.36. The Labute approximate surface area is 146 Å². The molecule has 7 heteroatoms. The summed E-state index contributed by atoms with van der Waals surface area (Å²) in [6, 6.07) is 7.73. The lowest BCUT2D eigenvalue weighted by molar-refractivity contribution is -0.136. The number of benzene rings is 1. The van der Waals surface area contributed by atoms with Gasteiger partial charge in [-0.1, -0.05) is 0 Å². The van der Waals surface area contributed by atoms with Crippen molar-refractivity contribution < 1.29 is 13.9 Å². The zero-order chi connectivity index (χ0) is 17.8. The number of fused-ring (bicyclic) bond motifs is 1. The Morgan fingerprint density at radius 2 is 2.08 bits per heavy atom. The predicted molar refractivity (Wildman–Crippen MR) is 91.6 cm³/mol. The number of nitrogens with zero attached hydrogens (tertiary/aromatic N) is 4. The van der Waals surface area contributed by atoms with Gasteiger partial charge in [0.05, 0.1) is 12.2 Å². The van der Waals surface area contributed by atoms with Crippen LogP contribution in [-0.4, -0.2) is 58.8 Å². The standard InChI is InChI=1S/C18H23FN4O2/c1-21(2)11-15-8-10-23-16(7-9-20-23)12-22(15)18(24)13-25-17-5-3-14(19)4-6-17/h3-7,9,15H,8,10-13H2,1-2H3. The van der Waals surface area contributed by atoms with Gasteiger partial charge in [-0.25, -0.2) is 4.39 Å². The van der Waals surface area contributed by atoms with Gasteiger partial charge in [0.25, 0.3) is 5.91 Å². The molecule has 2 aromatic rings. The molecule has 134 valence electrons. The van der Waals surface area contributed by atoms with Crippen molar-refractivity contribution in [3.63, 3.8) is 0 Å². The predicted octanol–water partition coefficient (Wildman–Crippen LogP) is 1.76. The molecule has 1 unspecified atom stereocenters. The highest BCUT2D eigenvalue weighted by Gasteiger charge is 2.28. The van der Waals surface area contributed by atoms with Gasteiger partial charge in [-0.2, -0.15) is 5.10 Å². The summed E-state index contributed by atoms with van der Waals surface area (Å²) < 4.78 is 20.5. The van der Waals surface area contributed by atoms with Gasteiger partial charge in [-0.3, -0.25) is 9.48 Å². The Kier molecular flexibility index (Phi) is 5.33. The molecule has 0 radical (unpaired) electrons. The molecular formula is C18H23FN4O2. The zero-order valence-corrected chi connectivity index (χ0v) is 14.6. The summed E-state index contributed by atoms with van der Waals surface area (Å²) in [5, 5.41) is 4.32. The quantitative estimate of drug-likeness (QED) is 0.828. The monoisotopic (exact) mass is 346 g/mol. The zero-order valence-electron chi connectivity index (χ0n) is 14.6. The Hall–Kier alpha value is -2.41. The number of hydrogen-bond donors (Lipinski definition) is 0. The summed E-state index contributed by atoms with van der Waals surface area (Å²) in [6.07, 6.45) is 2.61. The Balaban J connectivity index is 1.70. The van der Waals surface area contributed by atoms with Crippen LogP contribution in [0.1, 0.15) is 12.1 Å². The van der Waals surface area contributed by atoms with Gasteiger partial charge >= 0.3 is 0 Å². The molecule has 1 aromatic heterocycles. The minimum absolute atomic E-state index is 0.0658. The first kappa shape index (κ1) is 17.4. The van der Waals surface area contributed by atoms with E-state index in [4.69, 9.17) is 4.74 Å². The van der Waals surface area contributed by atoms with E-state index >= 15 is 0 Å². The second-order valence-corrected chi connectivity index (χ2v) is 6.51. The lowest BCUT2D eigenvalue weighted by atomic mass is 10.1. The lowest BCUT2D eigenvalue weighted by Crippen LogP contribution is -2.46. The third-order valence-corrected chi connectivity index (χ3v) is 4.32. The molecule has 25 heavy (non-hydrogen) atoms. The summed E-state index contributed by atoms with van der Waals surface area (Å²) in [5.74, 6) is 0.0788. The highest BCUT2D eigenvalue weighted by molar-refractivity contribution is 5.78. The minimum atomic E-state index is -0.328. The summed E-state index contributed by atoms with van der Waals surface area (Å²) in [7, 11) is 4.00. The van der Waals surface area contributed by atoms with E-state index in [1.807, 2.05) is 29.7 Å². The molecule has 1 atom stereocenters. The van der Waals surface area contributed by atoms with E-state index in [1.54, 1.807) is 6.20 Å². The van der Waals surface area contributed by atoms with Gasteiger partial charge in [0, 0.05) is 25.3 Å². The van der Waals surface area contributed by atoms with Crippen molar-refractivity contribution in [3.05, 3.63) is 48.0 Å². The van der Waals surface area contributed by atoms with Crippen LogP contribution < -0.4 is 4.74 Å². The fourth-order valence-corrected chi connectivity index (χ4v) is 3.09. The van der Waals surface area contributed by atoms with Crippen molar-refractivity contribution in [1.29, 1.82) is 0 Å². The molecule has 1 aliphatic heterocycles. The minimum Gasteiger partial charge on any atom is -0.484 e. The van der Waals surface area contributed by atoms with Crippen molar-refractivity contribution in [3.8, 4) is 5.75 Å². The number of halogens is 1. The van der Waals surface area contributed by atoms with Crippen molar-refractivity contribution >= 4 is 5.91 Å². The van der Waals surface area contributed by atoms with E-state index in [-0.39, 0.29) is 24.4 Å². The fourth-order valence-electron chi connectivity index (χ4n) is 3.09. The Bertz CT molecular complexity index is 714. The van der Waals surface area contributed by atoms with E-state index in [9.17, 15) is 9.18 Å². The maximum Gasteiger partial charge on any atom is 0.261 e. The SMILES string of the molecule is CN(C)CC1CCn2nccc2CN1C(=O)COc1ccc(F)cc1. The second kappa shape index (κ2) is 7.65. The van der Waals surface area contributed by atoms with Crippen LogP contribution in [-0.2, 0) is 17.9 Å². The highest BCUT2D eigenvalue weighted by atomic mass is 19.1. The molecule has 0 aliphatic carbocycles. The number of aromatic nitrogens is 2. The molecule has 3 rings (SSSR count). The van der Waals surface area contributed by atoms with Crippen LogP contribution in [0.25, 0.3) is 0 Å². The fraction of sp³-hybridized carbons (Fsp3) is 0.444. The van der Waals surface area contributed by atoms with Gasteiger partial charge in [0.2, 0.25) is 0 Å². The van der Waals surface area contributed by atoms with Crippen LogP contribution in [0.3, 0.4) is 0 Å². The van der Waals surface area contributed by atoms with E-state index in [0.717, 1.165) is 25.2 Å². The maximum absolute atomic E-state index is 13.0. The van der Waals surface area contributed by atoms with E-state index in [0.29, 0.717) is 12.3 Å². The largest absolute Gasteiger partial charge is 0.484 e. The summed E-state index contributed by atoms with van der Waals surface area (Å²) >= 11 is 0. The molecule has 0 fully saturated rings. The molecule has 0 saturated carbocycles. The first-order valence-electron chi connectivity index (χ1n) is 8.36. The molecule has 0 saturated heterocycles. The van der Waals surface area contributed by atoms with Crippen molar-refractivity contribution in [2.75, 3.05) is 27.2 Å². The van der Waals surface area contributed by atoms with Gasteiger partial charge in [0.1, 0.15) is 11.6 Å². The highest BCUT2D eigenvalue weighted by Crippen LogP contribution is 2.19. The van der Waals surface area contributed by atoms with Crippen LogP contribution in [0, 0.1) is 5.82 Å². The number of likely N-dealkylation sites (N-methyl/N-ethyl adjacent to an activating group) is 1. The Morgan fingerprint density at radius 1 is 1.32 bits per heavy atom. The average Bonchev–Trinajstić information content (AvgIpc) is 2.96. The smallest absolute Gasteiger partial charge is 0.261 e. The van der Waals surface area contributed by atoms with Crippen LogP contribution in [0.4, 0.5) is 4.39 Å². The first-order chi connectivity index (χ1) is 12.0. The molecule has 0 spiro atoms. The van der Waals surface area contributed by atoms with Gasteiger partial charge in [-0.05, 0) is 50.8 Å². The molecular weight excluding hydrogens is 323 g/mol. The number of carbonyl (C=O) groups excluding carboxylic acids is 1. The average molecular weight is 346 g/mol. The maximum atomic E-state index is 13.0. The number of aryl methyl sites for hydroxylation is 1. The van der Waals surface area contributed by atoms with Crippen LogP contribution in [0.15, 0.2) is 36.5 Å². The van der Waals surface area contributed by atoms with Gasteiger partial charge in [0.15, 0.2) is 6.61 Å². The van der Waals surface area contributed by atoms with Crippen LogP contribution >= 0.6 is 0 Å². The van der Waals surface area contributed by atoms with Crippen LogP contribution in [0.5, 0.6) is 5.75 Å². The number of hydrogen-bond acceptors (Lipinski definition) is 4. The third kappa shape index (κ3) is 4.36. The third-order valence-electron chi connectivity index (χ3n) is 4.32. The number of ether oxygens (including phenoxy) is 1. The number of carbonyl (C=O) groups is 1. The van der Waals surface area contributed by atoms with Crippen LogP contribution in [0.2, 0.25) is 0 Å². The topological polar surface area (TPSA) is 50.6 Å². The van der Waals surface area contributed by atoms with Gasteiger partial charge in [-0.15, -0.1) is 0 Å². The summed E-state index contributed by atoms with van der Waals surface area (Å²) in [6.45, 7) is 2.03. The van der Waals surface area contributed by atoms with E-state index in [1.165, 1.54) is 24.3 Å². The van der Waals surface area contributed by atoms with Crippen molar-refractivity contribution in [2.45, 2.75) is 25.6 Å². The molecule has 0 N–H and O–H groups in total. The van der Waals surface area contributed by atoms with E-state index in [2.05, 4.69) is 10.00 Å². The molecule has 1 amide bonds. The second-order valence-electron chi connectivity index (χ2n) is 6.51. The Morgan fingerprint density at radius 3 is 2.80 bits per heavy atom. The number of rotatable bonds is 5. The lowest BCUT2D eigenvalue weighted by Gasteiger charge is -2.31. The number of amides is 1. The molecule has 0 bridgehead atoms. The molecule has 2 heterocycles. The summed E-state index contributed by atoms with van der Waals surface area (Å²) in [4.78, 5) is 16.7. The normalized spacial score (nSPS) is 17.3. The molecule has 1 aromatic carbocycles. The molecule has 6 nitrogen and oxygen atoms in total. The van der Waals surface area contributed by atoms with Crippen molar-refractivity contribution in [2.24, 2.45) is 0 Å². The van der Waals surface area contributed by atoms with Gasteiger partial charge < -0.3 is 14.5 Å². The summed E-state index contributed by atoms with van der Waals surface area (Å²) in [5.41, 5.74) is 1.02.